The van der Waals surface area contributed by atoms with E-state index in [2.05, 4.69) is 13.8 Å². The van der Waals surface area contributed by atoms with Crippen LogP contribution >= 0.6 is 0 Å². The van der Waals surface area contributed by atoms with Crippen molar-refractivity contribution in [1.82, 2.24) is 4.90 Å². The number of ether oxygens (including phenoxy) is 1. The average molecular weight is 315 g/mol. The highest BCUT2D eigenvalue weighted by molar-refractivity contribution is 5.80. The first-order valence-corrected chi connectivity index (χ1v) is 8.02. The van der Waals surface area contributed by atoms with Crippen LogP contribution < -0.4 is 10.4 Å². The van der Waals surface area contributed by atoms with Crippen LogP contribution in [0.15, 0.2) is 39.5 Å². The lowest BCUT2D eigenvalue weighted by molar-refractivity contribution is -0.139. The second-order valence-electron chi connectivity index (χ2n) is 6.17. The second kappa shape index (κ2) is 6.44. The van der Waals surface area contributed by atoms with Crippen molar-refractivity contribution in [3.05, 3.63) is 40.8 Å². The maximum atomic E-state index is 12.4. The molecule has 0 spiro atoms. The van der Waals surface area contributed by atoms with Crippen molar-refractivity contribution in [2.24, 2.45) is 0 Å². The van der Waals surface area contributed by atoms with Gasteiger partial charge in [0.25, 0.3) is 5.91 Å². The zero-order valence-corrected chi connectivity index (χ0v) is 13.5. The zero-order chi connectivity index (χ0) is 16.4. The molecule has 1 fully saturated rings. The predicted molar refractivity (Wildman–Crippen MR) is 87.6 cm³/mol. The molecule has 2 heterocycles. The number of likely N-dealkylation sites (tertiary alicyclic amines) is 1. The summed E-state index contributed by atoms with van der Waals surface area (Å²) in [5, 5.41) is 0.821. The third-order valence-electron chi connectivity index (χ3n) is 4.44. The van der Waals surface area contributed by atoms with E-state index in [0.29, 0.717) is 11.3 Å². The topological polar surface area (TPSA) is 59.8 Å². The predicted octanol–water partition coefficient (Wildman–Crippen LogP) is 2.96. The second-order valence-corrected chi connectivity index (χ2v) is 6.17. The fourth-order valence-corrected chi connectivity index (χ4v) is 3.26. The van der Waals surface area contributed by atoms with E-state index in [4.69, 9.17) is 9.15 Å². The first-order valence-electron chi connectivity index (χ1n) is 8.02. The molecule has 0 bridgehead atoms. The SMILES string of the molecule is C[C@H]1CCC[C@H](C)N1C(=O)COc1ccc2ccc(=O)oc2c1. The molecule has 1 aromatic carbocycles. The summed E-state index contributed by atoms with van der Waals surface area (Å²) in [5.74, 6) is 0.525. The molecule has 122 valence electrons. The molecule has 5 heteroatoms. The van der Waals surface area contributed by atoms with Gasteiger partial charge in [0, 0.05) is 29.6 Å². The summed E-state index contributed by atoms with van der Waals surface area (Å²) >= 11 is 0. The summed E-state index contributed by atoms with van der Waals surface area (Å²) in [4.78, 5) is 25.6. The summed E-state index contributed by atoms with van der Waals surface area (Å²) in [6.45, 7) is 4.16. The Balaban J connectivity index is 1.70. The highest BCUT2D eigenvalue weighted by Gasteiger charge is 2.28. The first kappa shape index (κ1) is 15.6. The fourth-order valence-electron chi connectivity index (χ4n) is 3.26. The quantitative estimate of drug-likeness (QED) is 0.817. The molecule has 0 N–H and O–H groups in total. The van der Waals surface area contributed by atoms with Gasteiger partial charge in [-0.3, -0.25) is 4.79 Å². The van der Waals surface area contributed by atoms with E-state index >= 15 is 0 Å². The number of hydrogen-bond acceptors (Lipinski definition) is 4. The normalized spacial score (nSPS) is 21.4. The van der Waals surface area contributed by atoms with E-state index in [9.17, 15) is 9.59 Å². The number of hydrogen-bond donors (Lipinski definition) is 0. The van der Waals surface area contributed by atoms with Crippen LogP contribution in [0.25, 0.3) is 11.0 Å². The molecule has 0 radical (unpaired) electrons. The minimum absolute atomic E-state index is 0.000638. The van der Waals surface area contributed by atoms with Crippen LogP contribution in [-0.2, 0) is 4.79 Å². The first-order chi connectivity index (χ1) is 11.0. The summed E-state index contributed by atoms with van der Waals surface area (Å²) in [5.41, 5.74) is 0.0591. The smallest absolute Gasteiger partial charge is 0.336 e. The van der Waals surface area contributed by atoms with Gasteiger partial charge in [0.2, 0.25) is 0 Å². The van der Waals surface area contributed by atoms with Crippen molar-refractivity contribution in [3.8, 4) is 5.75 Å². The molecule has 1 aliphatic heterocycles. The van der Waals surface area contributed by atoms with Crippen LogP contribution in [0.2, 0.25) is 0 Å². The third kappa shape index (κ3) is 3.38. The van der Waals surface area contributed by atoms with Gasteiger partial charge >= 0.3 is 5.63 Å². The number of carbonyl (C=O) groups excluding carboxylic acids is 1. The number of carbonyl (C=O) groups is 1. The molecule has 0 saturated carbocycles. The van der Waals surface area contributed by atoms with Crippen molar-refractivity contribution < 1.29 is 13.9 Å². The Morgan fingerprint density at radius 2 is 1.91 bits per heavy atom. The Kier molecular flexibility index (Phi) is 4.37. The van der Waals surface area contributed by atoms with Crippen LogP contribution in [0.3, 0.4) is 0 Å². The molecular weight excluding hydrogens is 294 g/mol. The fraction of sp³-hybridized carbons (Fsp3) is 0.444. The number of fused-ring (bicyclic) bond motifs is 1. The van der Waals surface area contributed by atoms with Crippen LogP contribution in [0, 0.1) is 0 Å². The maximum Gasteiger partial charge on any atom is 0.336 e. The molecule has 1 amide bonds. The van der Waals surface area contributed by atoms with Crippen molar-refractivity contribution in [1.29, 1.82) is 0 Å². The number of nitrogens with zero attached hydrogens (tertiary/aromatic N) is 1. The zero-order valence-electron chi connectivity index (χ0n) is 13.5. The highest BCUT2D eigenvalue weighted by Crippen LogP contribution is 2.23. The van der Waals surface area contributed by atoms with E-state index in [1.54, 1.807) is 18.2 Å². The summed E-state index contributed by atoms with van der Waals surface area (Å²) < 4.78 is 10.7. The van der Waals surface area contributed by atoms with Crippen molar-refractivity contribution in [2.45, 2.75) is 45.2 Å². The Bertz CT molecular complexity index is 757. The molecule has 2 aromatic rings. The lowest BCUT2D eigenvalue weighted by Crippen LogP contribution is -2.49. The molecule has 1 aromatic heterocycles. The van der Waals surface area contributed by atoms with Gasteiger partial charge < -0.3 is 14.1 Å². The lowest BCUT2D eigenvalue weighted by Gasteiger charge is -2.38. The molecule has 3 rings (SSSR count). The van der Waals surface area contributed by atoms with Gasteiger partial charge in [-0.2, -0.15) is 0 Å². The van der Waals surface area contributed by atoms with E-state index in [1.165, 1.54) is 6.07 Å². The summed E-state index contributed by atoms with van der Waals surface area (Å²) in [6, 6.07) is 8.82. The molecule has 5 nitrogen and oxygen atoms in total. The van der Waals surface area contributed by atoms with Gasteiger partial charge in [-0.1, -0.05) is 0 Å². The Morgan fingerprint density at radius 1 is 1.22 bits per heavy atom. The number of benzene rings is 1. The van der Waals surface area contributed by atoms with E-state index in [0.717, 1.165) is 24.6 Å². The van der Waals surface area contributed by atoms with Crippen molar-refractivity contribution >= 4 is 16.9 Å². The van der Waals surface area contributed by atoms with E-state index in [-0.39, 0.29) is 24.6 Å². The monoisotopic (exact) mass is 315 g/mol. The molecular formula is C18H21NO4. The van der Waals surface area contributed by atoms with Gasteiger partial charge in [0.1, 0.15) is 11.3 Å². The molecule has 1 aliphatic rings. The Labute approximate surface area is 134 Å². The number of rotatable bonds is 3. The van der Waals surface area contributed by atoms with Gasteiger partial charge in [0.05, 0.1) is 0 Å². The minimum Gasteiger partial charge on any atom is -0.484 e. The number of piperidine rings is 1. The van der Waals surface area contributed by atoms with Crippen LogP contribution in [0.1, 0.15) is 33.1 Å². The standard InChI is InChI=1S/C18H21NO4/c1-12-4-3-5-13(2)19(12)17(20)11-22-15-8-6-14-7-9-18(21)23-16(14)10-15/h6-10,12-13H,3-5,11H2,1-2H3/t12-,13-/m0/s1. The largest absolute Gasteiger partial charge is 0.484 e. The summed E-state index contributed by atoms with van der Waals surface area (Å²) in [6.07, 6.45) is 3.24. The molecule has 1 saturated heterocycles. The van der Waals surface area contributed by atoms with Crippen molar-refractivity contribution in [2.75, 3.05) is 6.61 Å². The van der Waals surface area contributed by atoms with Crippen LogP contribution in [0.5, 0.6) is 5.75 Å². The summed E-state index contributed by atoms with van der Waals surface area (Å²) in [7, 11) is 0. The van der Waals surface area contributed by atoms with Crippen molar-refractivity contribution in [3.63, 3.8) is 0 Å². The Morgan fingerprint density at radius 3 is 2.65 bits per heavy atom. The Hall–Kier alpha value is -2.30. The third-order valence-corrected chi connectivity index (χ3v) is 4.44. The molecule has 2 atom stereocenters. The lowest BCUT2D eigenvalue weighted by atomic mass is 9.97. The van der Waals surface area contributed by atoms with E-state index < -0.39 is 5.63 Å². The number of amides is 1. The van der Waals surface area contributed by atoms with E-state index in [1.807, 2.05) is 11.0 Å². The molecule has 0 aliphatic carbocycles. The van der Waals surface area contributed by atoms with Crippen LogP contribution in [0.4, 0.5) is 0 Å². The van der Waals surface area contributed by atoms with Gasteiger partial charge in [-0.15, -0.1) is 0 Å². The maximum absolute atomic E-state index is 12.4. The molecule has 0 unspecified atom stereocenters. The highest BCUT2D eigenvalue weighted by atomic mass is 16.5. The average Bonchev–Trinajstić information content (AvgIpc) is 2.52. The van der Waals surface area contributed by atoms with Gasteiger partial charge in [-0.25, -0.2) is 4.79 Å². The van der Waals surface area contributed by atoms with Gasteiger partial charge in [-0.05, 0) is 51.3 Å². The van der Waals surface area contributed by atoms with Gasteiger partial charge in [0.15, 0.2) is 6.61 Å². The van der Waals surface area contributed by atoms with Crippen LogP contribution in [-0.4, -0.2) is 29.5 Å². The minimum atomic E-state index is -0.401. The molecule has 23 heavy (non-hydrogen) atoms.